The summed E-state index contributed by atoms with van der Waals surface area (Å²) in [5.41, 5.74) is 0.728. The molecule has 2 amide bonds. The number of rotatable bonds is 13. The molecule has 2 aromatic carbocycles. The SMILES string of the molecule is C=CCCCCOC(=O)[C@@H]1[C@H]2C(=O)N([C@@H](CC)CO)C(C(=O)N(CC=C)c3ccc4ccccc4c3)C23CC[C@H]1S3. The topological polar surface area (TPSA) is 87.1 Å². The van der Waals surface area contributed by atoms with Gasteiger partial charge in [-0.1, -0.05) is 49.4 Å². The van der Waals surface area contributed by atoms with Gasteiger partial charge in [0, 0.05) is 17.5 Å². The fourth-order valence-corrected chi connectivity index (χ4v) is 9.24. The number of carbonyl (C=O) groups excluding carboxylic acids is 3. The smallest absolute Gasteiger partial charge is 0.310 e. The van der Waals surface area contributed by atoms with Gasteiger partial charge in [0.25, 0.3) is 5.91 Å². The molecule has 0 radical (unpaired) electrons. The summed E-state index contributed by atoms with van der Waals surface area (Å²) in [6, 6.07) is 12.6. The van der Waals surface area contributed by atoms with Crippen LogP contribution in [-0.2, 0) is 19.1 Å². The number of likely N-dealkylation sites (tertiary alicyclic amines) is 1. The molecule has 1 N–H and O–H groups in total. The molecule has 2 aromatic rings. The molecule has 0 aromatic heterocycles. The molecule has 6 atom stereocenters. The zero-order chi connectivity index (χ0) is 29.1. The minimum atomic E-state index is -0.802. The molecule has 0 saturated carbocycles. The summed E-state index contributed by atoms with van der Waals surface area (Å²) in [7, 11) is 0. The summed E-state index contributed by atoms with van der Waals surface area (Å²) in [6.45, 7) is 9.88. The highest BCUT2D eigenvalue weighted by Gasteiger charge is 2.74. The van der Waals surface area contributed by atoms with Crippen LogP contribution in [0.3, 0.4) is 0 Å². The van der Waals surface area contributed by atoms with Crippen LogP contribution in [0.1, 0.15) is 45.4 Å². The highest BCUT2D eigenvalue weighted by molar-refractivity contribution is 8.02. The zero-order valence-electron chi connectivity index (χ0n) is 23.7. The number of carbonyl (C=O) groups is 3. The number of fused-ring (bicyclic) bond motifs is 2. The molecule has 1 spiro atoms. The van der Waals surface area contributed by atoms with E-state index in [-0.39, 0.29) is 36.2 Å². The summed E-state index contributed by atoms with van der Waals surface area (Å²) in [6.07, 6.45) is 7.94. The average molecular weight is 577 g/mol. The van der Waals surface area contributed by atoms with E-state index in [1.54, 1.807) is 27.6 Å². The van der Waals surface area contributed by atoms with E-state index in [2.05, 4.69) is 13.2 Å². The second-order valence-electron chi connectivity index (χ2n) is 11.3. The molecular weight excluding hydrogens is 536 g/mol. The number of unbranched alkanes of at least 4 members (excludes halogenated alkanes) is 2. The fourth-order valence-electron chi connectivity index (χ4n) is 7.05. The summed E-state index contributed by atoms with van der Waals surface area (Å²) < 4.78 is 4.96. The van der Waals surface area contributed by atoms with E-state index in [1.807, 2.05) is 55.5 Å². The van der Waals surface area contributed by atoms with Gasteiger partial charge in [0.05, 0.1) is 35.8 Å². The highest BCUT2D eigenvalue weighted by Crippen LogP contribution is 2.67. The summed E-state index contributed by atoms with van der Waals surface area (Å²) in [5, 5.41) is 12.3. The third-order valence-electron chi connectivity index (χ3n) is 8.99. The third kappa shape index (κ3) is 5.10. The minimum Gasteiger partial charge on any atom is -0.465 e. The Balaban J connectivity index is 1.50. The summed E-state index contributed by atoms with van der Waals surface area (Å²) >= 11 is 1.62. The van der Waals surface area contributed by atoms with Crippen LogP contribution in [0.15, 0.2) is 67.8 Å². The van der Waals surface area contributed by atoms with Crippen molar-refractivity contribution in [3.8, 4) is 0 Å². The molecule has 8 heteroatoms. The normalized spacial score (nSPS) is 27.1. The molecule has 7 nitrogen and oxygen atoms in total. The number of amides is 2. The van der Waals surface area contributed by atoms with Crippen LogP contribution in [0, 0.1) is 11.8 Å². The van der Waals surface area contributed by atoms with Gasteiger partial charge in [0.1, 0.15) is 6.04 Å². The molecule has 41 heavy (non-hydrogen) atoms. The van der Waals surface area contributed by atoms with E-state index in [1.165, 1.54) is 0 Å². The van der Waals surface area contributed by atoms with Crippen LogP contribution in [0.5, 0.6) is 0 Å². The molecule has 2 bridgehead atoms. The number of allylic oxidation sites excluding steroid dienone is 1. The second-order valence-corrected chi connectivity index (χ2v) is 12.9. The Morgan fingerprint density at radius 1 is 1.20 bits per heavy atom. The van der Waals surface area contributed by atoms with Crippen molar-refractivity contribution in [2.75, 3.05) is 24.7 Å². The molecule has 5 rings (SSSR count). The lowest BCUT2D eigenvalue weighted by Crippen LogP contribution is -2.57. The molecule has 3 fully saturated rings. The molecule has 0 aliphatic carbocycles. The Bertz CT molecular complexity index is 1330. The van der Waals surface area contributed by atoms with E-state index >= 15 is 0 Å². The maximum atomic E-state index is 14.7. The number of hydrogen-bond acceptors (Lipinski definition) is 6. The molecule has 3 saturated heterocycles. The van der Waals surface area contributed by atoms with Gasteiger partial charge in [-0.25, -0.2) is 0 Å². The quantitative estimate of drug-likeness (QED) is 0.202. The van der Waals surface area contributed by atoms with E-state index in [4.69, 9.17) is 4.74 Å². The van der Waals surface area contributed by atoms with Crippen LogP contribution in [0.2, 0.25) is 0 Å². The monoisotopic (exact) mass is 576 g/mol. The number of ether oxygens (including phenoxy) is 1. The number of aliphatic hydroxyl groups excluding tert-OH is 1. The molecule has 3 aliphatic heterocycles. The Morgan fingerprint density at radius 3 is 2.68 bits per heavy atom. The first kappa shape index (κ1) is 29.4. The molecule has 218 valence electrons. The number of benzene rings is 2. The lowest BCUT2D eigenvalue weighted by atomic mass is 9.71. The lowest BCUT2D eigenvalue weighted by molar-refractivity contribution is -0.154. The van der Waals surface area contributed by atoms with Crippen molar-refractivity contribution in [3.05, 3.63) is 67.8 Å². The van der Waals surface area contributed by atoms with Crippen LogP contribution >= 0.6 is 11.8 Å². The van der Waals surface area contributed by atoms with Gasteiger partial charge in [-0.15, -0.1) is 24.9 Å². The number of anilines is 1. The molecular formula is C33H40N2O5S. The van der Waals surface area contributed by atoms with Crippen molar-refractivity contribution in [1.29, 1.82) is 0 Å². The van der Waals surface area contributed by atoms with Gasteiger partial charge < -0.3 is 19.6 Å². The van der Waals surface area contributed by atoms with Crippen molar-refractivity contribution in [1.82, 2.24) is 4.90 Å². The maximum absolute atomic E-state index is 14.7. The fraction of sp³-hybridized carbons (Fsp3) is 0.485. The van der Waals surface area contributed by atoms with Gasteiger partial charge in [-0.3, -0.25) is 14.4 Å². The summed E-state index contributed by atoms with van der Waals surface area (Å²) in [5.74, 6) is -2.00. The van der Waals surface area contributed by atoms with Crippen molar-refractivity contribution in [3.63, 3.8) is 0 Å². The van der Waals surface area contributed by atoms with Crippen molar-refractivity contribution in [2.45, 2.75) is 67.5 Å². The Labute approximate surface area is 246 Å². The molecule has 3 aliphatic rings. The zero-order valence-corrected chi connectivity index (χ0v) is 24.6. The van der Waals surface area contributed by atoms with E-state index < -0.39 is 28.7 Å². The average Bonchev–Trinajstić information content (AvgIpc) is 3.63. The molecule has 2 unspecified atom stereocenters. The highest BCUT2D eigenvalue weighted by atomic mass is 32.2. The first-order chi connectivity index (χ1) is 19.9. The number of nitrogens with zero attached hydrogens (tertiary/aromatic N) is 2. The Morgan fingerprint density at radius 2 is 1.98 bits per heavy atom. The predicted molar refractivity (Wildman–Crippen MR) is 164 cm³/mol. The van der Waals surface area contributed by atoms with E-state index in [0.29, 0.717) is 19.4 Å². The van der Waals surface area contributed by atoms with Crippen LogP contribution < -0.4 is 4.90 Å². The van der Waals surface area contributed by atoms with Crippen LogP contribution in [0.4, 0.5) is 5.69 Å². The number of aliphatic hydroxyl groups is 1. The first-order valence-electron chi connectivity index (χ1n) is 14.7. The number of esters is 1. The van der Waals surface area contributed by atoms with E-state index in [0.717, 1.165) is 42.1 Å². The third-order valence-corrected chi connectivity index (χ3v) is 10.9. The standard InChI is InChI=1S/C33H40N2O5S/c1-4-7-8-11-19-40-32(39)27-26-16-17-33(41-26)28(27)30(37)35(24(6-3)21-36)29(33)31(38)34(18-5-2)25-15-14-22-12-9-10-13-23(22)20-25/h4-5,9-10,12-15,20,24,26-29,36H,1-2,6-8,11,16-19,21H2,3H3/t24-,26+,27-,28-,29?,33?/m0/s1. The van der Waals surface area contributed by atoms with Crippen molar-refractivity contribution < 1.29 is 24.2 Å². The Kier molecular flexibility index (Phi) is 8.90. The van der Waals surface area contributed by atoms with Gasteiger partial charge in [-0.2, -0.15) is 0 Å². The summed E-state index contributed by atoms with van der Waals surface area (Å²) in [4.78, 5) is 45.7. The predicted octanol–water partition coefficient (Wildman–Crippen LogP) is 5.12. The van der Waals surface area contributed by atoms with Gasteiger partial charge in [0.15, 0.2) is 0 Å². The van der Waals surface area contributed by atoms with E-state index in [9.17, 15) is 19.5 Å². The molecule has 3 heterocycles. The van der Waals surface area contributed by atoms with Crippen LogP contribution in [-0.4, -0.2) is 69.6 Å². The largest absolute Gasteiger partial charge is 0.465 e. The van der Waals surface area contributed by atoms with Gasteiger partial charge in [0.2, 0.25) is 5.91 Å². The van der Waals surface area contributed by atoms with Gasteiger partial charge >= 0.3 is 5.97 Å². The first-order valence-corrected chi connectivity index (χ1v) is 15.6. The Hall–Kier alpha value is -3.10. The number of hydrogen-bond donors (Lipinski definition) is 1. The second kappa shape index (κ2) is 12.4. The van der Waals surface area contributed by atoms with Crippen molar-refractivity contribution >= 4 is 46.0 Å². The van der Waals surface area contributed by atoms with Crippen molar-refractivity contribution in [2.24, 2.45) is 11.8 Å². The minimum absolute atomic E-state index is 0.0650. The lowest BCUT2D eigenvalue weighted by Gasteiger charge is -2.39. The number of thioether (sulfide) groups is 1. The van der Waals surface area contributed by atoms with Crippen LogP contribution in [0.25, 0.3) is 10.8 Å². The van der Waals surface area contributed by atoms with Gasteiger partial charge in [-0.05, 0) is 61.4 Å². The maximum Gasteiger partial charge on any atom is 0.310 e.